The number of aliphatic hydroxyl groups is 1. The molecule has 3 amide bonds. The highest BCUT2D eigenvalue weighted by Crippen LogP contribution is 1.90. The van der Waals surface area contributed by atoms with E-state index >= 15 is 0 Å². The Bertz CT molecular complexity index is 332. The van der Waals surface area contributed by atoms with Gasteiger partial charge in [0.05, 0.1) is 6.61 Å². The van der Waals surface area contributed by atoms with Gasteiger partial charge in [-0.05, 0) is 12.8 Å². The van der Waals surface area contributed by atoms with Gasteiger partial charge in [-0.25, -0.2) is 9.59 Å². The van der Waals surface area contributed by atoms with Gasteiger partial charge in [0.1, 0.15) is 6.04 Å². The van der Waals surface area contributed by atoms with Crippen LogP contribution in [0.5, 0.6) is 0 Å². The van der Waals surface area contributed by atoms with Crippen LogP contribution in [0, 0.1) is 5.92 Å². The third kappa shape index (κ3) is 7.24. The van der Waals surface area contributed by atoms with E-state index in [4.69, 9.17) is 10.2 Å². The molecule has 0 saturated heterocycles. The average molecular weight is 275 g/mol. The molecule has 0 aromatic heterocycles. The quantitative estimate of drug-likeness (QED) is 0.402. The molecule has 19 heavy (non-hydrogen) atoms. The van der Waals surface area contributed by atoms with Gasteiger partial charge < -0.3 is 26.2 Å². The van der Waals surface area contributed by atoms with Crippen LogP contribution in [0.1, 0.15) is 20.8 Å². The molecule has 0 aliphatic carbocycles. The highest BCUT2D eigenvalue weighted by Gasteiger charge is 2.21. The van der Waals surface area contributed by atoms with E-state index < -0.39 is 30.7 Å². The number of nitrogens with one attached hydrogen (secondary N) is 3. The van der Waals surface area contributed by atoms with Crippen molar-refractivity contribution in [3.8, 4) is 0 Å². The lowest BCUT2D eigenvalue weighted by Crippen LogP contribution is -2.53. The average Bonchev–Trinajstić information content (AvgIpc) is 2.32. The van der Waals surface area contributed by atoms with Crippen molar-refractivity contribution < 1.29 is 24.6 Å². The summed E-state index contributed by atoms with van der Waals surface area (Å²) in [7, 11) is 0. The van der Waals surface area contributed by atoms with Gasteiger partial charge in [0.25, 0.3) is 0 Å². The second-order valence-corrected chi connectivity index (χ2v) is 4.55. The van der Waals surface area contributed by atoms with Crippen LogP contribution in [0.3, 0.4) is 0 Å². The van der Waals surface area contributed by atoms with Crippen LogP contribution >= 0.6 is 0 Å². The first-order chi connectivity index (χ1) is 8.77. The number of urea groups is 1. The molecule has 1 unspecified atom stereocenters. The number of carboxylic acid groups (broad SMARTS) is 1. The highest BCUT2D eigenvalue weighted by molar-refractivity contribution is 5.88. The molecule has 0 aromatic rings. The fraction of sp³-hybridized carbons (Fsp3) is 0.727. The molecular weight excluding hydrogens is 254 g/mol. The molecule has 5 N–H and O–H groups in total. The summed E-state index contributed by atoms with van der Waals surface area (Å²) < 4.78 is 0. The SMILES string of the molecule is CC(C)CNC(=O)C(C)NC(=O)N[C@H](CO)C(=O)O. The van der Waals surface area contributed by atoms with Crippen LogP contribution in [0.25, 0.3) is 0 Å². The van der Waals surface area contributed by atoms with Crippen molar-refractivity contribution in [2.45, 2.75) is 32.9 Å². The largest absolute Gasteiger partial charge is 0.480 e. The number of amides is 3. The standard InChI is InChI=1S/C11H21N3O5/c1-6(2)4-12-9(16)7(3)13-11(19)14-8(5-15)10(17)18/h6-8,15H,4-5H2,1-3H3,(H,12,16)(H,17,18)(H2,13,14,19)/t7?,8-/m1/s1. The molecule has 0 aromatic carbocycles. The molecule has 0 spiro atoms. The van der Waals surface area contributed by atoms with Crippen molar-refractivity contribution in [1.82, 2.24) is 16.0 Å². The summed E-state index contributed by atoms with van der Waals surface area (Å²) in [5, 5.41) is 24.3. The monoisotopic (exact) mass is 275 g/mol. The van der Waals surface area contributed by atoms with Crippen molar-refractivity contribution >= 4 is 17.9 Å². The van der Waals surface area contributed by atoms with Crippen LogP contribution in [-0.2, 0) is 9.59 Å². The number of carbonyl (C=O) groups is 3. The van der Waals surface area contributed by atoms with Gasteiger partial charge in [-0.3, -0.25) is 4.79 Å². The first-order valence-corrected chi connectivity index (χ1v) is 5.96. The van der Waals surface area contributed by atoms with E-state index in [0.29, 0.717) is 6.54 Å². The summed E-state index contributed by atoms with van der Waals surface area (Å²) in [4.78, 5) is 33.5. The Morgan fingerprint density at radius 3 is 2.11 bits per heavy atom. The summed E-state index contributed by atoms with van der Waals surface area (Å²) in [6, 6.07) is -3.02. The first kappa shape index (κ1) is 17.2. The van der Waals surface area contributed by atoms with E-state index in [1.807, 2.05) is 19.2 Å². The molecule has 0 radical (unpaired) electrons. The summed E-state index contributed by atoms with van der Waals surface area (Å²) in [6.07, 6.45) is 0. The zero-order chi connectivity index (χ0) is 15.0. The number of hydrogen-bond acceptors (Lipinski definition) is 4. The minimum Gasteiger partial charge on any atom is -0.480 e. The van der Waals surface area contributed by atoms with Crippen molar-refractivity contribution in [2.75, 3.05) is 13.2 Å². The smallest absolute Gasteiger partial charge is 0.328 e. The Labute approximate surface area is 111 Å². The van der Waals surface area contributed by atoms with E-state index in [0.717, 1.165) is 0 Å². The Morgan fingerprint density at radius 2 is 1.68 bits per heavy atom. The number of aliphatic carboxylic acids is 1. The predicted octanol–water partition coefficient (Wildman–Crippen LogP) is -1.11. The van der Waals surface area contributed by atoms with Gasteiger partial charge in [-0.2, -0.15) is 0 Å². The fourth-order valence-corrected chi connectivity index (χ4v) is 1.11. The minimum atomic E-state index is -1.40. The summed E-state index contributed by atoms with van der Waals surface area (Å²) in [5.74, 6) is -1.43. The van der Waals surface area contributed by atoms with Gasteiger partial charge in [0, 0.05) is 6.54 Å². The lowest BCUT2D eigenvalue weighted by molar-refractivity contribution is -0.140. The minimum absolute atomic E-state index is 0.288. The maximum Gasteiger partial charge on any atom is 0.328 e. The van der Waals surface area contributed by atoms with Gasteiger partial charge in [0.2, 0.25) is 5.91 Å². The normalized spacial score (nSPS) is 13.5. The molecule has 8 nitrogen and oxygen atoms in total. The second kappa shape index (κ2) is 8.30. The zero-order valence-corrected chi connectivity index (χ0v) is 11.3. The lowest BCUT2D eigenvalue weighted by atomic mass is 10.2. The number of carbonyl (C=O) groups excluding carboxylic acids is 2. The van der Waals surface area contributed by atoms with Gasteiger partial charge >= 0.3 is 12.0 Å². The van der Waals surface area contributed by atoms with Crippen molar-refractivity contribution in [3.05, 3.63) is 0 Å². The lowest BCUT2D eigenvalue weighted by Gasteiger charge is -2.17. The topological polar surface area (TPSA) is 128 Å². The van der Waals surface area contributed by atoms with E-state index in [1.54, 1.807) is 0 Å². The maximum atomic E-state index is 11.6. The van der Waals surface area contributed by atoms with Gasteiger partial charge in [-0.1, -0.05) is 13.8 Å². The number of hydrogen-bond donors (Lipinski definition) is 5. The third-order valence-corrected chi connectivity index (χ3v) is 2.21. The second-order valence-electron chi connectivity index (χ2n) is 4.55. The van der Waals surface area contributed by atoms with E-state index in [2.05, 4.69) is 10.6 Å². The zero-order valence-electron chi connectivity index (χ0n) is 11.3. The van der Waals surface area contributed by atoms with Crippen molar-refractivity contribution in [2.24, 2.45) is 5.92 Å². The fourth-order valence-electron chi connectivity index (χ4n) is 1.11. The highest BCUT2D eigenvalue weighted by atomic mass is 16.4. The van der Waals surface area contributed by atoms with Gasteiger partial charge in [-0.15, -0.1) is 0 Å². The summed E-state index contributed by atoms with van der Waals surface area (Å²) in [5.41, 5.74) is 0. The Kier molecular flexibility index (Phi) is 7.50. The molecule has 0 bridgehead atoms. The molecule has 0 heterocycles. The number of carboxylic acids is 1. The maximum absolute atomic E-state index is 11.6. The molecule has 0 aliphatic heterocycles. The van der Waals surface area contributed by atoms with Crippen molar-refractivity contribution in [3.63, 3.8) is 0 Å². The predicted molar refractivity (Wildman–Crippen MR) is 67.5 cm³/mol. The first-order valence-electron chi connectivity index (χ1n) is 5.96. The van der Waals surface area contributed by atoms with Crippen LogP contribution in [0.15, 0.2) is 0 Å². The van der Waals surface area contributed by atoms with Crippen LogP contribution < -0.4 is 16.0 Å². The van der Waals surface area contributed by atoms with E-state index in [-0.39, 0.29) is 11.8 Å². The number of rotatable bonds is 7. The van der Waals surface area contributed by atoms with Gasteiger partial charge in [0.15, 0.2) is 6.04 Å². The molecule has 0 fully saturated rings. The molecule has 0 saturated carbocycles. The summed E-state index contributed by atoms with van der Waals surface area (Å²) >= 11 is 0. The molecule has 8 heteroatoms. The van der Waals surface area contributed by atoms with Crippen LogP contribution in [0.4, 0.5) is 4.79 Å². The molecular formula is C11H21N3O5. The molecule has 2 atom stereocenters. The van der Waals surface area contributed by atoms with E-state index in [9.17, 15) is 14.4 Å². The molecule has 0 rings (SSSR count). The van der Waals surface area contributed by atoms with E-state index in [1.165, 1.54) is 6.92 Å². The molecule has 110 valence electrons. The Balaban J connectivity index is 4.17. The third-order valence-electron chi connectivity index (χ3n) is 2.21. The number of aliphatic hydroxyl groups excluding tert-OH is 1. The van der Waals surface area contributed by atoms with Crippen LogP contribution in [0.2, 0.25) is 0 Å². The Morgan fingerprint density at radius 1 is 1.11 bits per heavy atom. The Hall–Kier alpha value is -1.83. The summed E-state index contributed by atoms with van der Waals surface area (Å²) in [6.45, 7) is 5.11. The van der Waals surface area contributed by atoms with Crippen LogP contribution in [-0.4, -0.2) is 53.4 Å². The van der Waals surface area contributed by atoms with Crippen molar-refractivity contribution in [1.29, 1.82) is 0 Å². The molecule has 0 aliphatic rings.